The summed E-state index contributed by atoms with van der Waals surface area (Å²) in [7, 11) is 0. The molecule has 0 spiro atoms. The molecule has 0 fully saturated rings. The number of ether oxygens (including phenoxy) is 1. The van der Waals surface area contributed by atoms with Crippen molar-refractivity contribution in [1.29, 1.82) is 0 Å². The SMILES string of the molecule is Cc1nc(COc2ccc(NC(=O)c3cccc(-n4nccc4-c4ccccc4)c3)cc2)no1. The molecular formula is C26H21N5O3. The van der Waals surface area contributed by atoms with E-state index in [1.54, 1.807) is 43.5 Å². The number of nitrogens with one attached hydrogen (secondary N) is 1. The Kier molecular flexibility index (Phi) is 5.85. The van der Waals surface area contributed by atoms with Crippen molar-refractivity contribution in [1.82, 2.24) is 19.9 Å². The number of benzene rings is 3. The molecule has 0 aliphatic carbocycles. The summed E-state index contributed by atoms with van der Waals surface area (Å²) in [5, 5.41) is 11.2. The molecule has 34 heavy (non-hydrogen) atoms. The summed E-state index contributed by atoms with van der Waals surface area (Å²) in [6.45, 7) is 1.93. The van der Waals surface area contributed by atoms with Gasteiger partial charge in [0.1, 0.15) is 5.75 Å². The van der Waals surface area contributed by atoms with Crippen LogP contribution >= 0.6 is 0 Å². The fraction of sp³-hybridized carbons (Fsp3) is 0.0769. The largest absolute Gasteiger partial charge is 0.485 e. The fourth-order valence-corrected chi connectivity index (χ4v) is 3.50. The number of anilines is 1. The summed E-state index contributed by atoms with van der Waals surface area (Å²) in [6.07, 6.45) is 1.75. The van der Waals surface area contributed by atoms with Gasteiger partial charge in [-0.2, -0.15) is 10.1 Å². The monoisotopic (exact) mass is 451 g/mol. The van der Waals surface area contributed by atoms with Gasteiger partial charge in [0.2, 0.25) is 11.7 Å². The minimum atomic E-state index is -0.216. The summed E-state index contributed by atoms with van der Waals surface area (Å²) in [5.74, 6) is 1.38. The first-order valence-corrected chi connectivity index (χ1v) is 10.7. The van der Waals surface area contributed by atoms with Crippen molar-refractivity contribution < 1.29 is 14.1 Å². The first kappa shape index (κ1) is 21.1. The summed E-state index contributed by atoms with van der Waals surface area (Å²) < 4.78 is 12.4. The van der Waals surface area contributed by atoms with Gasteiger partial charge < -0.3 is 14.6 Å². The maximum Gasteiger partial charge on any atom is 0.255 e. The third-order valence-electron chi connectivity index (χ3n) is 5.11. The maximum atomic E-state index is 12.9. The molecule has 0 aliphatic rings. The molecule has 2 heterocycles. The Morgan fingerprint density at radius 2 is 1.82 bits per heavy atom. The van der Waals surface area contributed by atoms with Crippen molar-refractivity contribution in [2.24, 2.45) is 0 Å². The highest BCUT2D eigenvalue weighted by atomic mass is 16.5. The first-order chi connectivity index (χ1) is 16.7. The van der Waals surface area contributed by atoms with Gasteiger partial charge >= 0.3 is 0 Å². The van der Waals surface area contributed by atoms with Gasteiger partial charge in [-0.15, -0.1) is 0 Å². The Labute approximate surface area is 195 Å². The number of carbonyl (C=O) groups is 1. The number of hydrogen-bond acceptors (Lipinski definition) is 6. The molecule has 0 saturated carbocycles. The lowest BCUT2D eigenvalue weighted by Gasteiger charge is -2.10. The number of aryl methyl sites for hydroxylation is 1. The zero-order chi connectivity index (χ0) is 23.3. The Morgan fingerprint density at radius 1 is 1.00 bits per heavy atom. The lowest BCUT2D eigenvalue weighted by Crippen LogP contribution is -2.12. The second-order valence-electron chi connectivity index (χ2n) is 7.54. The molecule has 168 valence electrons. The topological polar surface area (TPSA) is 95.1 Å². The number of amides is 1. The van der Waals surface area contributed by atoms with E-state index in [9.17, 15) is 4.79 Å². The molecule has 0 aliphatic heterocycles. The molecule has 0 bridgehead atoms. The van der Waals surface area contributed by atoms with Crippen LogP contribution in [0.5, 0.6) is 5.75 Å². The number of rotatable bonds is 7. The molecular weight excluding hydrogens is 430 g/mol. The third-order valence-corrected chi connectivity index (χ3v) is 5.11. The van der Waals surface area contributed by atoms with Crippen LogP contribution in [0, 0.1) is 6.92 Å². The first-order valence-electron chi connectivity index (χ1n) is 10.7. The van der Waals surface area contributed by atoms with E-state index < -0.39 is 0 Å². The van der Waals surface area contributed by atoms with Crippen molar-refractivity contribution in [3.63, 3.8) is 0 Å². The third kappa shape index (κ3) is 4.71. The van der Waals surface area contributed by atoms with Crippen LogP contribution in [0.3, 0.4) is 0 Å². The number of nitrogens with zero attached hydrogens (tertiary/aromatic N) is 4. The van der Waals surface area contributed by atoms with E-state index >= 15 is 0 Å². The molecule has 5 aromatic rings. The van der Waals surface area contributed by atoms with Crippen LogP contribution < -0.4 is 10.1 Å². The Morgan fingerprint density at radius 3 is 2.59 bits per heavy atom. The molecule has 0 atom stereocenters. The second-order valence-corrected chi connectivity index (χ2v) is 7.54. The van der Waals surface area contributed by atoms with Gasteiger partial charge in [0.05, 0.1) is 17.6 Å². The molecule has 8 heteroatoms. The van der Waals surface area contributed by atoms with E-state index in [4.69, 9.17) is 9.26 Å². The van der Waals surface area contributed by atoms with Crippen molar-refractivity contribution >= 4 is 11.6 Å². The van der Waals surface area contributed by atoms with Crippen LogP contribution in [0.15, 0.2) is 95.6 Å². The normalized spacial score (nSPS) is 10.7. The molecule has 0 saturated heterocycles. The molecule has 1 amide bonds. The summed E-state index contributed by atoms with van der Waals surface area (Å²) in [6, 6.07) is 26.4. The Bertz CT molecular complexity index is 1410. The lowest BCUT2D eigenvalue weighted by molar-refractivity contribution is 0.102. The van der Waals surface area contributed by atoms with Crippen molar-refractivity contribution in [3.8, 4) is 22.7 Å². The quantitative estimate of drug-likeness (QED) is 0.372. The molecule has 1 N–H and O–H groups in total. The van der Waals surface area contributed by atoms with Gasteiger partial charge in [0, 0.05) is 23.7 Å². The van der Waals surface area contributed by atoms with Crippen LogP contribution in [-0.4, -0.2) is 25.8 Å². The van der Waals surface area contributed by atoms with Gasteiger partial charge in [-0.25, -0.2) is 4.68 Å². The predicted molar refractivity (Wildman–Crippen MR) is 127 cm³/mol. The summed E-state index contributed by atoms with van der Waals surface area (Å²) in [5.41, 5.74) is 3.98. The average molecular weight is 451 g/mol. The maximum absolute atomic E-state index is 12.9. The van der Waals surface area contributed by atoms with Crippen LogP contribution in [-0.2, 0) is 6.61 Å². The van der Waals surface area contributed by atoms with E-state index in [0.717, 1.165) is 16.9 Å². The second kappa shape index (κ2) is 9.41. The van der Waals surface area contributed by atoms with Crippen LogP contribution in [0.2, 0.25) is 0 Å². The van der Waals surface area contributed by atoms with Crippen LogP contribution in [0.4, 0.5) is 5.69 Å². The minimum absolute atomic E-state index is 0.203. The summed E-state index contributed by atoms with van der Waals surface area (Å²) in [4.78, 5) is 17.0. The Balaban J connectivity index is 1.27. The highest BCUT2D eigenvalue weighted by Crippen LogP contribution is 2.23. The molecule has 0 unspecified atom stereocenters. The number of aromatic nitrogens is 4. The molecule has 0 radical (unpaired) electrons. The lowest BCUT2D eigenvalue weighted by atomic mass is 10.1. The zero-order valence-electron chi connectivity index (χ0n) is 18.4. The number of hydrogen-bond donors (Lipinski definition) is 1. The van der Waals surface area contributed by atoms with Gasteiger partial charge in [-0.05, 0) is 48.5 Å². The zero-order valence-corrected chi connectivity index (χ0v) is 18.4. The van der Waals surface area contributed by atoms with E-state index in [1.807, 2.05) is 59.3 Å². The van der Waals surface area contributed by atoms with Gasteiger partial charge in [0.15, 0.2) is 6.61 Å². The van der Waals surface area contributed by atoms with Gasteiger partial charge in [-0.1, -0.05) is 41.6 Å². The fourth-order valence-electron chi connectivity index (χ4n) is 3.50. The molecule has 3 aromatic carbocycles. The van der Waals surface area contributed by atoms with Crippen LogP contribution in [0.1, 0.15) is 22.1 Å². The molecule has 5 rings (SSSR count). The average Bonchev–Trinajstić information content (AvgIpc) is 3.53. The number of carbonyl (C=O) groups excluding carboxylic acids is 1. The van der Waals surface area contributed by atoms with Crippen molar-refractivity contribution in [3.05, 3.63) is 108 Å². The minimum Gasteiger partial charge on any atom is -0.485 e. The van der Waals surface area contributed by atoms with E-state index in [-0.39, 0.29) is 12.5 Å². The molecule has 2 aromatic heterocycles. The predicted octanol–water partition coefficient (Wildman–Crippen LogP) is 5.06. The highest BCUT2D eigenvalue weighted by Gasteiger charge is 2.11. The van der Waals surface area contributed by atoms with E-state index in [0.29, 0.717) is 28.7 Å². The van der Waals surface area contributed by atoms with Gasteiger partial charge in [-0.3, -0.25) is 4.79 Å². The van der Waals surface area contributed by atoms with Crippen LogP contribution in [0.25, 0.3) is 16.9 Å². The van der Waals surface area contributed by atoms with Gasteiger partial charge in [0.25, 0.3) is 5.91 Å². The molecule has 8 nitrogen and oxygen atoms in total. The van der Waals surface area contributed by atoms with E-state index in [2.05, 4.69) is 20.6 Å². The highest BCUT2D eigenvalue weighted by molar-refractivity contribution is 6.04. The van der Waals surface area contributed by atoms with Crippen molar-refractivity contribution in [2.45, 2.75) is 13.5 Å². The smallest absolute Gasteiger partial charge is 0.255 e. The standard InChI is InChI=1S/C26H21N5O3/c1-18-28-25(30-34-18)17-33-23-12-10-21(11-13-23)29-26(32)20-8-5-9-22(16-20)31-24(14-15-27-31)19-6-3-2-4-7-19/h2-16H,17H2,1H3,(H,29,32). The Hall–Kier alpha value is -4.72. The van der Waals surface area contributed by atoms with E-state index in [1.165, 1.54) is 0 Å². The summed E-state index contributed by atoms with van der Waals surface area (Å²) >= 11 is 0. The van der Waals surface area contributed by atoms with Crippen molar-refractivity contribution in [2.75, 3.05) is 5.32 Å².